The highest BCUT2D eigenvalue weighted by atomic mass is 16.8. The first-order valence-electron chi connectivity index (χ1n) is 12.2. The molecule has 41 heavy (non-hydrogen) atoms. The summed E-state index contributed by atoms with van der Waals surface area (Å²) in [6.07, 6.45) is -10.5. The van der Waals surface area contributed by atoms with E-state index in [4.69, 9.17) is 23.7 Å². The molecule has 0 amide bonds. The van der Waals surface area contributed by atoms with E-state index in [0.717, 1.165) is 19.1 Å². The highest BCUT2D eigenvalue weighted by Crippen LogP contribution is 2.38. The molecule has 7 atom stereocenters. The molecule has 2 aromatic rings. The van der Waals surface area contributed by atoms with Crippen LogP contribution in [-0.4, -0.2) is 109 Å². The Morgan fingerprint density at radius 2 is 1.66 bits per heavy atom. The number of Topliss-reactive ketones (excluding diaryl/α,β-unsaturated/α-hetero) is 1. The number of allylic oxidation sites excluding steroid dienone is 1. The van der Waals surface area contributed by atoms with E-state index < -0.39 is 102 Å². The molecule has 0 unspecified atom stereocenters. The lowest BCUT2D eigenvalue weighted by Gasteiger charge is -2.27. The number of esters is 1. The zero-order valence-electron chi connectivity index (χ0n) is 21.4. The van der Waals surface area contributed by atoms with E-state index in [1.807, 2.05) is 0 Å². The van der Waals surface area contributed by atoms with Gasteiger partial charge < -0.3 is 64.5 Å². The Morgan fingerprint density at radius 1 is 0.976 bits per heavy atom. The van der Waals surface area contributed by atoms with Crippen LogP contribution >= 0.6 is 0 Å². The summed E-state index contributed by atoms with van der Waals surface area (Å²) >= 11 is 0. The number of carbonyl (C=O) groups is 2. The Labute approximate surface area is 231 Å². The van der Waals surface area contributed by atoms with Crippen LogP contribution in [0, 0.1) is 0 Å². The van der Waals surface area contributed by atoms with Crippen molar-refractivity contribution in [2.45, 2.75) is 50.0 Å². The minimum Gasteiger partial charge on any atom is -0.508 e. The standard InChI is InChI=1S/C26H28O15/c1-10(28)38-16-7-13(30)6-14(31)18(16)21(35)24(19(33)11-2-4-12(29)5-3-11)41-26-23(15(32)9-37-26)40-25-22(36)20(34)17(8-27)39-25/h2-7,15,17,20,22-23,25-27,29-34,36H,8-9H2,1H3/t15-,17+,20-,22+,23+,25+,26-/m0/s1. The predicted molar refractivity (Wildman–Crippen MR) is 133 cm³/mol. The second kappa shape index (κ2) is 12.3. The van der Waals surface area contributed by atoms with Crippen molar-refractivity contribution in [2.75, 3.05) is 13.2 Å². The summed E-state index contributed by atoms with van der Waals surface area (Å²) < 4.78 is 26.9. The van der Waals surface area contributed by atoms with Crippen LogP contribution in [0.25, 0.3) is 5.76 Å². The molecule has 2 aromatic carbocycles. The quantitative estimate of drug-likeness (QED) is 0.0607. The van der Waals surface area contributed by atoms with Crippen LogP contribution in [0.4, 0.5) is 0 Å². The topological polar surface area (TPSA) is 242 Å². The molecule has 8 N–H and O–H groups in total. The van der Waals surface area contributed by atoms with Gasteiger partial charge in [-0.15, -0.1) is 0 Å². The van der Waals surface area contributed by atoms with Crippen LogP contribution in [0.5, 0.6) is 23.0 Å². The van der Waals surface area contributed by atoms with Gasteiger partial charge in [-0.1, -0.05) is 0 Å². The zero-order chi connectivity index (χ0) is 30.0. The number of aliphatic hydroxyl groups excluding tert-OH is 5. The maximum atomic E-state index is 13.7. The Balaban J connectivity index is 1.73. The van der Waals surface area contributed by atoms with Crippen molar-refractivity contribution >= 4 is 17.5 Å². The highest BCUT2D eigenvalue weighted by Gasteiger charge is 2.49. The molecule has 0 bridgehead atoms. The van der Waals surface area contributed by atoms with Crippen molar-refractivity contribution in [1.29, 1.82) is 0 Å². The molecule has 4 rings (SSSR count). The van der Waals surface area contributed by atoms with Gasteiger partial charge in [0.15, 0.2) is 18.2 Å². The average Bonchev–Trinajstić information content (AvgIpc) is 3.39. The monoisotopic (exact) mass is 580 g/mol. The third-order valence-electron chi connectivity index (χ3n) is 6.21. The molecular formula is C26H28O15. The van der Waals surface area contributed by atoms with Gasteiger partial charge in [0.2, 0.25) is 17.8 Å². The van der Waals surface area contributed by atoms with Crippen LogP contribution in [0.2, 0.25) is 0 Å². The number of ether oxygens (including phenoxy) is 5. The number of aromatic hydroxyl groups is 3. The molecule has 0 saturated carbocycles. The summed E-state index contributed by atoms with van der Waals surface area (Å²) in [5, 5.41) is 81.1. The molecule has 2 saturated heterocycles. The van der Waals surface area contributed by atoms with Crippen molar-refractivity contribution in [3.63, 3.8) is 0 Å². The van der Waals surface area contributed by atoms with Crippen LogP contribution in [-0.2, 0) is 23.7 Å². The van der Waals surface area contributed by atoms with E-state index >= 15 is 0 Å². The first-order chi connectivity index (χ1) is 19.4. The number of hydrogen-bond acceptors (Lipinski definition) is 15. The molecule has 0 aliphatic carbocycles. The van der Waals surface area contributed by atoms with Gasteiger partial charge in [0.25, 0.3) is 0 Å². The molecular weight excluding hydrogens is 552 g/mol. The molecule has 222 valence electrons. The zero-order valence-corrected chi connectivity index (χ0v) is 21.4. The molecule has 2 fully saturated rings. The van der Waals surface area contributed by atoms with Gasteiger partial charge in [-0.2, -0.15) is 0 Å². The summed E-state index contributed by atoms with van der Waals surface area (Å²) in [5.41, 5.74) is -0.754. The number of hydrogen-bond donors (Lipinski definition) is 8. The number of aliphatic hydroxyl groups is 5. The number of phenols is 3. The first-order valence-corrected chi connectivity index (χ1v) is 12.2. The van der Waals surface area contributed by atoms with Gasteiger partial charge in [-0.05, 0) is 24.3 Å². The number of phenolic OH excluding ortho intramolecular Hbond substituents is 3. The highest BCUT2D eigenvalue weighted by molar-refractivity contribution is 6.14. The number of rotatable bonds is 9. The fourth-order valence-corrected chi connectivity index (χ4v) is 4.20. The number of ketones is 1. The minimum atomic E-state index is -1.67. The van der Waals surface area contributed by atoms with Crippen molar-refractivity contribution < 1.29 is 74.1 Å². The lowest BCUT2D eigenvalue weighted by atomic mass is 10.0. The van der Waals surface area contributed by atoms with E-state index in [1.54, 1.807) is 0 Å². The average molecular weight is 580 g/mol. The molecule has 0 aromatic heterocycles. The Morgan fingerprint density at radius 3 is 2.27 bits per heavy atom. The Kier molecular flexibility index (Phi) is 8.98. The summed E-state index contributed by atoms with van der Waals surface area (Å²) in [6, 6.07) is 6.48. The third-order valence-corrected chi connectivity index (χ3v) is 6.21. The summed E-state index contributed by atoms with van der Waals surface area (Å²) in [4.78, 5) is 25.4. The fourth-order valence-electron chi connectivity index (χ4n) is 4.20. The van der Waals surface area contributed by atoms with E-state index in [9.17, 15) is 50.4 Å². The molecule has 2 heterocycles. The maximum Gasteiger partial charge on any atom is 0.308 e. The second-order valence-corrected chi connectivity index (χ2v) is 9.18. The molecule has 2 aliphatic rings. The summed E-state index contributed by atoms with van der Waals surface area (Å²) in [5.74, 6) is -6.07. The van der Waals surface area contributed by atoms with Crippen molar-refractivity contribution in [3.8, 4) is 23.0 Å². The van der Waals surface area contributed by atoms with Gasteiger partial charge in [-0.3, -0.25) is 9.59 Å². The minimum absolute atomic E-state index is 0.0575. The van der Waals surface area contributed by atoms with Crippen LogP contribution in [0.15, 0.2) is 42.2 Å². The number of benzene rings is 2. The number of carbonyl (C=O) groups excluding carboxylic acids is 2. The predicted octanol–water partition coefficient (Wildman–Crippen LogP) is -0.604. The Bertz CT molecular complexity index is 1310. The van der Waals surface area contributed by atoms with Gasteiger partial charge >= 0.3 is 5.97 Å². The lowest BCUT2D eigenvalue weighted by molar-refractivity contribution is -0.238. The van der Waals surface area contributed by atoms with Gasteiger partial charge in [0.05, 0.1) is 13.2 Å². The van der Waals surface area contributed by atoms with Crippen molar-refractivity contribution in [1.82, 2.24) is 0 Å². The first kappa shape index (κ1) is 30.0. The largest absolute Gasteiger partial charge is 0.508 e. The van der Waals surface area contributed by atoms with Crippen LogP contribution in [0.1, 0.15) is 22.8 Å². The van der Waals surface area contributed by atoms with Gasteiger partial charge in [0, 0.05) is 24.6 Å². The van der Waals surface area contributed by atoms with E-state index in [1.165, 1.54) is 24.3 Å². The van der Waals surface area contributed by atoms with Crippen molar-refractivity contribution in [3.05, 3.63) is 53.3 Å². The summed E-state index contributed by atoms with van der Waals surface area (Å²) in [7, 11) is 0. The molecule has 0 radical (unpaired) electrons. The molecule has 2 aliphatic heterocycles. The van der Waals surface area contributed by atoms with Crippen LogP contribution in [0.3, 0.4) is 0 Å². The van der Waals surface area contributed by atoms with Crippen molar-refractivity contribution in [2.24, 2.45) is 0 Å². The molecule has 15 heteroatoms. The fraction of sp³-hybridized carbons (Fsp3) is 0.385. The summed E-state index contributed by atoms with van der Waals surface area (Å²) in [6.45, 7) is -0.0524. The lowest BCUT2D eigenvalue weighted by Crippen LogP contribution is -2.42. The normalized spacial score (nSPS) is 28.3. The maximum absolute atomic E-state index is 13.7. The molecule has 15 nitrogen and oxygen atoms in total. The van der Waals surface area contributed by atoms with Gasteiger partial charge in [-0.25, -0.2) is 0 Å². The third kappa shape index (κ3) is 6.36. The SMILES string of the molecule is CC(=O)Oc1cc(O)cc(O)c1C(=O)C(O[C@@H]1OC[C@H](O)[C@H]1O[C@H]1O[C@H](CO)[C@H](O)[C@H]1O)=C(O)c1ccc(O)cc1. The smallest absolute Gasteiger partial charge is 0.308 e. The Hall–Kier alpha value is -3.96. The molecule has 0 spiro atoms. The van der Waals surface area contributed by atoms with Gasteiger partial charge in [0.1, 0.15) is 53.0 Å². The van der Waals surface area contributed by atoms with Crippen LogP contribution < -0.4 is 4.74 Å². The second-order valence-electron chi connectivity index (χ2n) is 9.18. The van der Waals surface area contributed by atoms with E-state index in [0.29, 0.717) is 0 Å². The van der Waals surface area contributed by atoms with E-state index in [-0.39, 0.29) is 11.3 Å². The van der Waals surface area contributed by atoms with E-state index in [2.05, 4.69) is 0 Å².